The monoisotopic (exact) mass is 280 g/mol. The summed E-state index contributed by atoms with van der Waals surface area (Å²) < 4.78 is 0. The number of rotatable bonds is 3. The van der Waals surface area contributed by atoms with Gasteiger partial charge < -0.3 is 10.2 Å². The van der Waals surface area contributed by atoms with Crippen LogP contribution >= 0.6 is 12.4 Å². The number of piperidine rings is 1. The summed E-state index contributed by atoms with van der Waals surface area (Å²) >= 11 is 0. The zero-order valence-electron chi connectivity index (χ0n) is 11.7. The summed E-state index contributed by atoms with van der Waals surface area (Å²) in [6, 6.07) is 11.7. The molecule has 2 heterocycles. The smallest absolute Gasteiger partial charge is 0.0120 e. The normalized spacial score (nSPS) is 28.5. The molecular formula is C16H25ClN2. The molecule has 0 spiro atoms. The van der Waals surface area contributed by atoms with Crippen LogP contribution in [0.25, 0.3) is 0 Å². The lowest BCUT2D eigenvalue weighted by atomic mass is 9.92. The molecular weight excluding hydrogens is 256 g/mol. The van der Waals surface area contributed by atoms with Gasteiger partial charge in [-0.2, -0.15) is 0 Å². The highest BCUT2D eigenvalue weighted by molar-refractivity contribution is 5.85. The van der Waals surface area contributed by atoms with E-state index in [0.717, 1.165) is 12.0 Å². The average molecular weight is 281 g/mol. The van der Waals surface area contributed by atoms with E-state index < -0.39 is 0 Å². The molecule has 0 bridgehead atoms. The van der Waals surface area contributed by atoms with Gasteiger partial charge in [0.15, 0.2) is 0 Å². The van der Waals surface area contributed by atoms with E-state index in [1.54, 1.807) is 0 Å². The van der Waals surface area contributed by atoms with Gasteiger partial charge in [0.2, 0.25) is 0 Å². The maximum Gasteiger partial charge on any atom is 0.0120 e. The molecule has 1 aromatic carbocycles. The molecule has 106 valence electrons. The second kappa shape index (κ2) is 6.74. The maximum absolute atomic E-state index is 3.64. The molecule has 0 aromatic heterocycles. The Morgan fingerprint density at radius 3 is 2.84 bits per heavy atom. The minimum Gasteiger partial charge on any atom is -0.314 e. The topological polar surface area (TPSA) is 15.3 Å². The second-order valence-corrected chi connectivity index (χ2v) is 5.97. The van der Waals surface area contributed by atoms with Crippen LogP contribution in [0.5, 0.6) is 0 Å². The molecule has 2 nitrogen and oxygen atoms in total. The summed E-state index contributed by atoms with van der Waals surface area (Å²) in [4.78, 5) is 2.67. The Balaban J connectivity index is 0.00000133. The molecule has 1 aromatic rings. The number of fused-ring (bicyclic) bond motifs is 1. The molecule has 0 saturated carbocycles. The van der Waals surface area contributed by atoms with Gasteiger partial charge >= 0.3 is 0 Å². The summed E-state index contributed by atoms with van der Waals surface area (Å²) in [5.74, 6) is 1.55. The van der Waals surface area contributed by atoms with Crippen molar-refractivity contribution in [2.75, 3.05) is 26.2 Å². The van der Waals surface area contributed by atoms with Crippen molar-refractivity contribution in [2.24, 2.45) is 5.92 Å². The summed E-state index contributed by atoms with van der Waals surface area (Å²) in [6.07, 6.45) is 2.72. The van der Waals surface area contributed by atoms with Crippen molar-refractivity contribution < 1.29 is 0 Å². The molecule has 2 saturated heterocycles. The van der Waals surface area contributed by atoms with Crippen LogP contribution in [-0.2, 0) is 0 Å². The van der Waals surface area contributed by atoms with Crippen LogP contribution in [0.15, 0.2) is 30.3 Å². The third-order valence-electron chi connectivity index (χ3n) is 4.64. The zero-order valence-corrected chi connectivity index (χ0v) is 12.5. The first-order valence-corrected chi connectivity index (χ1v) is 7.33. The van der Waals surface area contributed by atoms with Crippen LogP contribution < -0.4 is 5.32 Å². The molecule has 19 heavy (non-hydrogen) atoms. The zero-order chi connectivity index (χ0) is 12.4. The minimum absolute atomic E-state index is 0. The molecule has 0 amide bonds. The number of halogens is 1. The van der Waals surface area contributed by atoms with Crippen LogP contribution in [0.1, 0.15) is 31.2 Å². The van der Waals surface area contributed by atoms with Gasteiger partial charge in [-0.1, -0.05) is 37.3 Å². The van der Waals surface area contributed by atoms with Crippen LogP contribution in [0.2, 0.25) is 0 Å². The first kappa shape index (κ1) is 14.8. The molecule has 3 unspecified atom stereocenters. The Hall–Kier alpha value is -0.570. The average Bonchev–Trinajstić information content (AvgIpc) is 2.87. The molecule has 3 atom stereocenters. The number of nitrogens with one attached hydrogen (secondary N) is 1. The highest BCUT2D eigenvalue weighted by Crippen LogP contribution is 2.26. The number of likely N-dealkylation sites (tertiary alicyclic amines) is 1. The summed E-state index contributed by atoms with van der Waals surface area (Å²) in [5, 5.41) is 3.64. The third-order valence-corrected chi connectivity index (χ3v) is 4.64. The molecule has 1 N–H and O–H groups in total. The van der Waals surface area contributed by atoms with Gasteiger partial charge in [0.05, 0.1) is 0 Å². The fourth-order valence-electron chi connectivity index (χ4n) is 3.56. The van der Waals surface area contributed by atoms with Gasteiger partial charge in [-0.15, -0.1) is 12.4 Å². The van der Waals surface area contributed by atoms with E-state index in [1.165, 1.54) is 44.6 Å². The molecule has 2 fully saturated rings. The summed E-state index contributed by atoms with van der Waals surface area (Å²) in [7, 11) is 0. The largest absolute Gasteiger partial charge is 0.314 e. The lowest BCUT2D eigenvalue weighted by Gasteiger charge is -2.36. The summed E-state index contributed by atoms with van der Waals surface area (Å²) in [6.45, 7) is 7.37. The Kier molecular flexibility index (Phi) is 5.26. The highest BCUT2D eigenvalue weighted by atomic mass is 35.5. The molecule has 3 heteroatoms. The van der Waals surface area contributed by atoms with Gasteiger partial charge in [0.25, 0.3) is 0 Å². The van der Waals surface area contributed by atoms with Gasteiger partial charge in [-0.3, -0.25) is 0 Å². The molecule has 0 aliphatic carbocycles. The van der Waals surface area contributed by atoms with Crippen LogP contribution in [-0.4, -0.2) is 37.1 Å². The van der Waals surface area contributed by atoms with E-state index in [4.69, 9.17) is 0 Å². The van der Waals surface area contributed by atoms with E-state index in [9.17, 15) is 0 Å². The van der Waals surface area contributed by atoms with Crippen LogP contribution in [0.3, 0.4) is 0 Å². The van der Waals surface area contributed by atoms with E-state index in [1.807, 2.05) is 0 Å². The lowest BCUT2D eigenvalue weighted by Crippen LogP contribution is -2.45. The standard InChI is InChI=1S/C16H24N2.ClH/c1-13(14-5-3-2-4-6-14)11-18-10-8-16-15(12-18)7-9-17-16;/h2-6,13,15-17H,7-12H2,1H3;1H. The van der Waals surface area contributed by atoms with E-state index >= 15 is 0 Å². The van der Waals surface area contributed by atoms with Crippen molar-refractivity contribution in [1.82, 2.24) is 10.2 Å². The molecule has 0 radical (unpaired) electrons. The Bertz CT molecular complexity index is 382. The van der Waals surface area contributed by atoms with Crippen molar-refractivity contribution in [3.8, 4) is 0 Å². The Labute approximate surface area is 123 Å². The first-order chi connectivity index (χ1) is 8.83. The quantitative estimate of drug-likeness (QED) is 0.916. The Morgan fingerprint density at radius 1 is 1.26 bits per heavy atom. The van der Waals surface area contributed by atoms with Crippen LogP contribution in [0, 0.1) is 5.92 Å². The predicted octanol–water partition coefficient (Wildman–Crippen LogP) is 2.90. The van der Waals surface area contributed by atoms with Crippen molar-refractivity contribution in [3.05, 3.63) is 35.9 Å². The number of nitrogens with zero attached hydrogens (tertiary/aromatic N) is 1. The van der Waals surface area contributed by atoms with E-state index in [-0.39, 0.29) is 12.4 Å². The fourth-order valence-corrected chi connectivity index (χ4v) is 3.56. The van der Waals surface area contributed by atoms with Gasteiger partial charge in [-0.05, 0) is 43.3 Å². The highest BCUT2D eigenvalue weighted by Gasteiger charge is 2.32. The SMILES string of the molecule is CC(CN1CCC2NCCC2C1)c1ccccc1.Cl. The van der Waals surface area contributed by atoms with Gasteiger partial charge in [-0.25, -0.2) is 0 Å². The molecule has 2 aliphatic heterocycles. The maximum atomic E-state index is 3.64. The van der Waals surface area contributed by atoms with Crippen molar-refractivity contribution >= 4 is 12.4 Å². The summed E-state index contributed by atoms with van der Waals surface area (Å²) in [5.41, 5.74) is 1.48. The van der Waals surface area contributed by atoms with Crippen molar-refractivity contribution in [1.29, 1.82) is 0 Å². The number of hydrogen-bond donors (Lipinski definition) is 1. The minimum atomic E-state index is 0. The second-order valence-electron chi connectivity index (χ2n) is 5.97. The first-order valence-electron chi connectivity index (χ1n) is 7.33. The van der Waals surface area contributed by atoms with Gasteiger partial charge in [0.1, 0.15) is 0 Å². The number of hydrogen-bond acceptors (Lipinski definition) is 2. The van der Waals surface area contributed by atoms with Gasteiger partial charge in [0, 0.05) is 19.1 Å². The Morgan fingerprint density at radius 2 is 2.05 bits per heavy atom. The predicted molar refractivity (Wildman–Crippen MR) is 83.1 cm³/mol. The third kappa shape index (κ3) is 3.50. The van der Waals surface area contributed by atoms with Crippen molar-refractivity contribution in [3.63, 3.8) is 0 Å². The lowest BCUT2D eigenvalue weighted by molar-refractivity contribution is 0.156. The van der Waals surface area contributed by atoms with E-state index in [0.29, 0.717) is 5.92 Å². The molecule has 3 rings (SSSR count). The van der Waals surface area contributed by atoms with Crippen molar-refractivity contribution in [2.45, 2.75) is 31.7 Å². The van der Waals surface area contributed by atoms with E-state index in [2.05, 4.69) is 47.5 Å². The van der Waals surface area contributed by atoms with Crippen LogP contribution in [0.4, 0.5) is 0 Å². The fraction of sp³-hybridized carbons (Fsp3) is 0.625. The molecule has 2 aliphatic rings. The number of benzene rings is 1.